The molecule has 6 amide bonds. The first kappa shape index (κ1) is 29.7. The molecule has 0 radical (unpaired) electrons. The highest BCUT2D eigenvalue weighted by Crippen LogP contribution is 2.29. The number of anilines is 2. The fourth-order valence-corrected chi connectivity index (χ4v) is 4.70. The second-order valence-corrected chi connectivity index (χ2v) is 10.6. The molecule has 4 rings (SSSR count). The van der Waals surface area contributed by atoms with E-state index in [9.17, 15) is 29.1 Å². The zero-order valence-corrected chi connectivity index (χ0v) is 23.7. The van der Waals surface area contributed by atoms with Gasteiger partial charge in [-0.15, -0.1) is 0 Å². The molecule has 41 heavy (non-hydrogen) atoms. The van der Waals surface area contributed by atoms with Gasteiger partial charge in [0.05, 0.1) is 6.04 Å². The molecule has 2 aromatic rings. The Hall–Kier alpha value is -4.26. The number of aliphatic hydroxyl groups is 1. The molecule has 0 spiro atoms. The summed E-state index contributed by atoms with van der Waals surface area (Å²) in [4.78, 5) is 64.7. The van der Waals surface area contributed by atoms with E-state index < -0.39 is 48.0 Å². The van der Waals surface area contributed by atoms with Gasteiger partial charge < -0.3 is 21.1 Å². The van der Waals surface area contributed by atoms with E-state index in [1.54, 1.807) is 62.3 Å². The van der Waals surface area contributed by atoms with Crippen LogP contribution in [0.5, 0.6) is 0 Å². The maximum absolute atomic E-state index is 13.1. The number of nitrogens with one attached hydrogen (secondary N) is 4. The van der Waals surface area contributed by atoms with Crippen LogP contribution in [0.4, 0.5) is 16.2 Å². The molecule has 13 heteroatoms. The third-order valence-corrected chi connectivity index (χ3v) is 7.20. The SMILES string of the molecule is Cc1ccc(NC(=O)NC(C)c2cc(NC3=CC(=O)N(C4CCC(=O)NC4=O)C3=O)cc(C(O)N(C)C)c2)cc1Cl. The molecule has 2 aromatic carbocycles. The van der Waals surface area contributed by atoms with E-state index >= 15 is 0 Å². The molecule has 2 aliphatic rings. The Morgan fingerprint density at radius 2 is 1.80 bits per heavy atom. The fraction of sp³-hybridized carbons (Fsp3) is 0.321. The van der Waals surface area contributed by atoms with Crippen molar-refractivity contribution in [2.24, 2.45) is 0 Å². The molecule has 0 bridgehead atoms. The van der Waals surface area contributed by atoms with Gasteiger partial charge in [-0.1, -0.05) is 17.7 Å². The van der Waals surface area contributed by atoms with Gasteiger partial charge in [0.1, 0.15) is 18.0 Å². The number of rotatable bonds is 8. The molecule has 2 aliphatic heterocycles. The van der Waals surface area contributed by atoms with E-state index in [2.05, 4.69) is 21.3 Å². The lowest BCUT2D eigenvalue weighted by Gasteiger charge is -2.28. The predicted molar refractivity (Wildman–Crippen MR) is 152 cm³/mol. The maximum Gasteiger partial charge on any atom is 0.319 e. The number of carbonyl (C=O) groups excluding carboxylic acids is 5. The van der Waals surface area contributed by atoms with Crippen molar-refractivity contribution in [2.75, 3.05) is 24.7 Å². The topological polar surface area (TPSA) is 160 Å². The normalized spacial score (nSPS) is 18.7. The number of urea groups is 1. The lowest BCUT2D eigenvalue weighted by molar-refractivity contribution is -0.149. The van der Waals surface area contributed by atoms with Crippen LogP contribution in [0.3, 0.4) is 0 Å². The van der Waals surface area contributed by atoms with Gasteiger partial charge in [0, 0.05) is 28.9 Å². The van der Waals surface area contributed by atoms with Crippen LogP contribution in [0.15, 0.2) is 48.2 Å². The third kappa shape index (κ3) is 6.73. The number of carbonyl (C=O) groups is 5. The fourth-order valence-electron chi connectivity index (χ4n) is 4.52. The van der Waals surface area contributed by atoms with Crippen LogP contribution < -0.4 is 21.3 Å². The molecule has 12 nitrogen and oxygen atoms in total. The zero-order chi connectivity index (χ0) is 30.0. The van der Waals surface area contributed by atoms with Crippen LogP contribution in [0.1, 0.15) is 48.7 Å². The first-order valence-corrected chi connectivity index (χ1v) is 13.2. The van der Waals surface area contributed by atoms with Crippen molar-refractivity contribution in [3.63, 3.8) is 0 Å². The van der Waals surface area contributed by atoms with Crippen molar-refractivity contribution in [2.45, 2.75) is 45.0 Å². The van der Waals surface area contributed by atoms with Gasteiger partial charge in [0.15, 0.2) is 0 Å². The highest BCUT2D eigenvalue weighted by atomic mass is 35.5. The van der Waals surface area contributed by atoms with Crippen molar-refractivity contribution in [3.8, 4) is 0 Å². The second kappa shape index (κ2) is 12.1. The lowest BCUT2D eigenvalue weighted by Crippen LogP contribution is -2.54. The van der Waals surface area contributed by atoms with Gasteiger partial charge in [-0.25, -0.2) is 4.79 Å². The number of halogens is 1. The summed E-state index contributed by atoms with van der Waals surface area (Å²) in [5, 5.41) is 21.9. The highest BCUT2D eigenvalue weighted by Gasteiger charge is 2.42. The Kier molecular flexibility index (Phi) is 8.76. The number of hydrogen-bond acceptors (Lipinski definition) is 8. The van der Waals surface area contributed by atoms with Crippen molar-refractivity contribution < 1.29 is 29.1 Å². The molecule has 5 N–H and O–H groups in total. The summed E-state index contributed by atoms with van der Waals surface area (Å²) in [6, 6.07) is 8.05. The zero-order valence-electron chi connectivity index (χ0n) is 22.9. The van der Waals surface area contributed by atoms with E-state index in [4.69, 9.17) is 11.6 Å². The van der Waals surface area contributed by atoms with E-state index in [1.165, 1.54) is 0 Å². The van der Waals surface area contributed by atoms with Crippen LogP contribution in [-0.2, 0) is 19.2 Å². The van der Waals surface area contributed by atoms with Gasteiger partial charge in [-0.05, 0) is 81.4 Å². The van der Waals surface area contributed by atoms with Gasteiger partial charge in [0.2, 0.25) is 11.8 Å². The average molecular weight is 583 g/mol. The minimum absolute atomic E-state index is 0.0134. The first-order chi connectivity index (χ1) is 19.3. The van der Waals surface area contributed by atoms with Crippen LogP contribution in [0.25, 0.3) is 0 Å². The van der Waals surface area contributed by atoms with Crippen LogP contribution in [0, 0.1) is 6.92 Å². The molecule has 3 atom stereocenters. The van der Waals surface area contributed by atoms with Crippen LogP contribution in [-0.4, -0.2) is 64.7 Å². The van der Waals surface area contributed by atoms with Crippen LogP contribution in [0.2, 0.25) is 5.02 Å². The molecule has 0 aromatic heterocycles. The lowest BCUT2D eigenvalue weighted by atomic mass is 10.0. The molecular weight excluding hydrogens is 552 g/mol. The number of benzene rings is 2. The number of nitrogens with zero attached hydrogens (tertiary/aromatic N) is 2. The van der Waals surface area contributed by atoms with E-state index in [0.717, 1.165) is 16.5 Å². The summed E-state index contributed by atoms with van der Waals surface area (Å²) in [7, 11) is 3.37. The van der Waals surface area contributed by atoms with Gasteiger partial charge in [0.25, 0.3) is 11.8 Å². The minimum Gasteiger partial charge on any atom is -0.374 e. The monoisotopic (exact) mass is 582 g/mol. The molecule has 2 heterocycles. The van der Waals surface area contributed by atoms with Crippen molar-refractivity contribution in [1.29, 1.82) is 0 Å². The molecule has 3 unspecified atom stereocenters. The number of amides is 6. The largest absolute Gasteiger partial charge is 0.374 e. The molecular formula is C28H31ClN6O6. The second-order valence-electron chi connectivity index (χ2n) is 10.2. The van der Waals surface area contributed by atoms with Gasteiger partial charge >= 0.3 is 6.03 Å². The van der Waals surface area contributed by atoms with E-state index in [1.807, 2.05) is 6.92 Å². The Morgan fingerprint density at radius 1 is 1.10 bits per heavy atom. The number of aryl methyl sites for hydroxylation is 1. The highest BCUT2D eigenvalue weighted by molar-refractivity contribution is 6.31. The maximum atomic E-state index is 13.1. The van der Waals surface area contributed by atoms with Crippen molar-refractivity contribution in [3.05, 3.63) is 69.9 Å². The Balaban J connectivity index is 1.54. The smallest absolute Gasteiger partial charge is 0.319 e. The number of imide groups is 2. The number of piperidine rings is 1. The van der Waals surface area contributed by atoms with E-state index in [0.29, 0.717) is 27.5 Å². The summed E-state index contributed by atoms with van der Waals surface area (Å²) in [5.74, 6) is -2.56. The Bertz CT molecular complexity index is 1460. The Labute approximate surface area is 241 Å². The third-order valence-electron chi connectivity index (χ3n) is 6.80. The summed E-state index contributed by atoms with van der Waals surface area (Å²) in [5.41, 5.74) is 2.75. The Morgan fingerprint density at radius 3 is 2.46 bits per heavy atom. The molecule has 0 saturated carbocycles. The summed E-state index contributed by atoms with van der Waals surface area (Å²) < 4.78 is 0. The van der Waals surface area contributed by atoms with Crippen molar-refractivity contribution in [1.82, 2.24) is 20.4 Å². The van der Waals surface area contributed by atoms with Crippen LogP contribution >= 0.6 is 11.6 Å². The summed E-state index contributed by atoms with van der Waals surface area (Å²) in [6.07, 6.45) is 0.126. The number of aliphatic hydroxyl groups excluding tert-OH is 1. The first-order valence-electron chi connectivity index (χ1n) is 12.9. The number of hydrogen-bond donors (Lipinski definition) is 5. The van der Waals surface area contributed by atoms with E-state index in [-0.39, 0.29) is 18.5 Å². The van der Waals surface area contributed by atoms with Gasteiger partial charge in [-0.2, -0.15) is 0 Å². The molecule has 216 valence electrons. The molecule has 1 saturated heterocycles. The standard InChI is InChI=1S/C28H31ClN6O6/c1-14-5-6-18(12-20(14)29)32-28(41)30-15(2)16-9-17(26(39)34(3)4)11-19(10-16)31-21-13-24(37)35(27(21)40)22-7-8-23(36)33-25(22)38/h5-6,9-13,15,22,26,31,39H,7-8H2,1-4H3,(H2,30,32,41)(H,33,36,38). The van der Waals surface area contributed by atoms with Gasteiger partial charge in [-0.3, -0.25) is 34.3 Å². The quantitative estimate of drug-likeness (QED) is 0.234. The predicted octanol–water partition coefficient (Wildman–Crippen LogP) is 2.55. The summed E-state index contributed by atoms with van der Waals surface area (Å²) in [6.45, 7) is 3.60. The average Bonchev–Trinajstić information content (AvgIpc) is 3.17. The minimum atomic E-state index is -1.09. The molecule has 1 fully saturated rings. The van der Waals surface area contributed by atoms with Crippen molar-refractivity contribution >= 4 is 52.6 Å². The molecule has 0 aliphatic carbocycles. The summed E-state index contributed by atoms with van der Waals surface area (Å²) >= 11 is 6.15.